The van der Waals surface area contributed by atoms with E-state index in [0.29, 0.717) is 17.4 Å². The van der Waals surface area contributed by atoms with Crippen molar-refractivity contribution in [2.75, 3.05) is 7.11 Å². The number of furan rings is 1. The van der Waals surface area contributed by atoms with Crippen LogP contribution in [0.3, 0.4) is 0 Å². The molecule has 2 aromatic rings. The number of hydrogen-bond acceptors (Lipinski definition) is 3. The van der Waals surface area contributed by atoms with Crippen molar-refractivity contribution in [3.63, 3.8) is 0 Å². The Morgan fingerprint density at radius 1 is 1.30 bits per heavy atom. The third kappa shape index (κ3) is 3.62. The molecule has 0 saturated heterocycles. The first-order chi connectivity index (χ1) is 9.60. The Morgan fingerprint density at radius 2 is 2.00 bits per heavy atom. The average Bonchev–Trinajstić information content (AvgIpc) is 2.88. The highest BCUT2D eigenvalue weighted by atomic mass is 35.5. The maximum Gasteiger partial charge on any atom is 0.287 e. The number of methoxy groups -OCH3 is 1. The molecule has 1 N–H and O–H groups in total. The van der Waals surface area contributed by atoms with Gasteiger partial charge in [0.25, 0.3) is 5.91 Å². The Balaban J connectivity index is 2.01. The molecule has 0 aliphatic rings. The van der Waals surface area contributed by atoms with Crippen LogP contribution >= 0.6 is 11.6 Å². The normalized spacial score (nSPS) is 12.2. The zero-order chi connectivity index (χ0) is 14.5. The van der Waals surface area contributed by atoms with Gasteiger partial charge in [0.2, 0.25) is 0 Å². The van der Waals surface area contributed by atoms with Gasteiger partial charge in [-0.3, -0.25) is 4.79 Å². The highest BCUT2D eigenvalue weighted by Crippen LogP contribution is 2.17. The van der Waals surface area contributed by atoms with Crippen LogP contribution in [-0.2, 0) is 11.3 Å². The van der Waals surface area contributed by atoms with Crippen molar-refractivity contribution in [3.8, 4) is 0 Å². The lowest BCUT2D eigenvalue weighted by molar-refractivity contribution is 0.0903. The lowest BCUT2D eigenvalue weighted by Gasteiger charge is -2.13. The molecule has 1 aromatic heterocycles. The maximum atomic E-state index is 12.0. The molecule has 0 aliphatic carbocycles. The molecule has 1 atom stereocenters. The first kappa shape index (κ1) is 14.6. The maximum absolute atomic E-state index is 12.0. The molecule has 20 heavy (non-hydrogen) atoms. The Kier molecular flexibility index (Phi) is 4.82. The van der Waals surface area contributed by atoms with E-state index in [1.165, 1.54) is 0 Å². The predicted octanol–water partition coefficient (Wildman–Crippen LogP) is 3.57. The molecule has 1 unspecified atom stereocenters. The van der Waals surface area contributed by atoms with E-state index in [1.807, 2.05) is 19.1 Å². The van der Waals surface area contributed by atoms with Gasteiger partial charge in [0, 0.05) is 12.1 Å². The van der Waals surface area contributed by atoms with E-state index in [1.54, 1.807) is 31.4 Å². The summed E-state index contributed by atoms with van der Waals surface area (Å²) in [7, 11) is 1.57. The standard InChI is InChI=1S/C15H16ClNO3/c1-10(11-3-5-12(16)6-4-11)17-15(18)14-8-7-13(20-14)9-19-2/h3-8,10H,9H2,1-2H3,(H,17,18). The number of hydrogen-bond donors (Lipinski definition) is 1. The van der Waals surface area contributed by atoms with Crippen LogP contribution in [0.4, 0.5) is 0 Å². The van der Waals surface area contributed by atoms with Gasteiger partial charge in [-0.05, 0) is 36.8 Å². The van der Waals surface area contributed by atoms with E-state index in [-0.39, 0.29) is 17.7 Å². The molecule has 0 bridgehead atoms. The van der Waals surface area contributed by atoms with Gasteiger partial charge >= 0.3 is 0 Å². The summed E-state index contributed by atoms with van der Waals surface area (Å²) in [5.41, 5.74) is 0.978. The molecule has 4 nitrogen and oxygen atoms in total. The largest absolute Gasteiger partial charge is 0.453 e. The summed E-state index contributed by atoms with van der Waals surface area (Å²) in [6, 6.07) is 10.6. The van der Waals surface area contributed by atoms with Crippen LogP contribution < -0.4 is 5.32 Å². The van der Waals surface area contributed by atoms with Gasteiger partial charge in [-0.15, -0.1) is 0 Å². The molecule has 0 spiro atoms. The van der Waals surface area contributed by atoms with Gasteiger partial charge in [-0.1, -0.05) is 23.7 Å². The molecule has 1 amide bonds. The van der Waals surface area contributed by atoms with Gasteiger partial charge in [0.1, 0.15) is 12.4 Å². The van der Waals surface area contributed by atoms with Crippen LogP contribution in [0.25, 0.3) is 0 Å². The number of rotatable bonds is 5. The molecule has 0 aliphatic heterocycles. The van der Waals surface area contributed by atoms with E-state index >= 15 is 0 Å². The van der Waals surface area contributed by atoms with Gasteiger partial charge in [-0.25, -0.2) is 0 Å². The zero-order valence-electron chi connectivity index (χ0n) is 11.4. The van der Waals surface area contributed by atoms with E-state index in [4.69, 9.17) is 20.8 Å². The fourth-order valence-electron chi connectivity index (χ4n) is 1.82. The molecule has 2 rings (SSSR count). The minimum atomic E-state index is -0.255. The quantitative estimate of drug-likeness (QED) is 0.917. The summed E-state index contributed by atoms with van der Waals surface area (Å²) in [4.78, 5) is 12.0. The topological polar surface area (TPSA) is 51.5 Å². The van der Waals surface area contributed by atoms with Crippen LogP contribution in [0, 0.1) is 0 Å². The van der Waals surface area contributed by atoms with E-state index in [2.05, 4.69) is 5.32 Å². The summed E-state index contributed by atoms with van der Waals surface area (Å²) in [6.45, 7) is 2.25. The third-order valence-electron chi connectivity index (χ3n) is 2.89. The van der Waals surface area contributed by atoms with Crippen LogP contribution in [0.5, 0.6) is 0 Å². The zero-order valence-corrected chi connectivity index (χ0v) is 12.1. The summed E-state index contributed by atoms with van der Waals surface area (Å²) >= 11 is 5.84. The van der Waals surface area contributed by atoms with Crippen LogP contribution in [0.2, 0.25) is 5.02 Å². The summed E-state index contributed by atoms with van der Waals surface area (Å²) in [5, 5.41) is 3.54. The van der Waals surface area contributed by atoms with Gasteiger partial charge in [0.05, 0.1) is 6.04 Å². The predicted molar refractivity (Wildman–Crippen MR) is 76.8 cm³/mol. The van der Waals surface area contributed by atoms with E-state index in [9.17, 15) is 4.79 Å². The molecule has 0 saturated carbocycles. The highest BCUT2D eigenvalue weighted by molar-refractivity contribution is 6.30. The second-order valence-corrected chi connectivity index (χ2v) is 4.88. The van der Waals surface area contributed by atoms with Crippen LogP contribution in [0.1, 0.15) is 34.8 Å². The monoisotopic (exact) mass is 293 g/mol. The smallest absolute Gasteiger partial charge is 0.287 e. The van der Waals surface area contributed by atoms with Gasteiger partial charge in [-0.2, -0.15) is 0 Å². The molecule has 0 radical (unpaired) electrons. The molecular weight excluding hydrogens is 278 g/mol. The van der Waals surface area contributed by atoms with Crippen molar-refractivity contribution in [2.24, 2.45) is 0 Å². The van der Waals surface area contributed by atoms with Crippen LogP contribution in [-0.4, -0.2) is 13.0 Å². The molecule has 1 aromatic carbocycles. The van der Waals surface area contributed by atoms with Crippen molar-refractivity contribution in [2.45, 2.75) is 19.6 Å². The van der Waals surface area contributed by atoms with Crippen LogP contribution in [0.15, 0.2) is 40.8 Å². The molecular formula is C15H16ClNO3. The summed E-state index contributed by atoms with van der Waals surface area (Å²) < 4.78 is 10.3. The van der Waals surface area contributed by atoms with Crippen molar-refractivity contribution in [1.29, 1.82) is 0 Å². The second kappa shape index (κ2) is 6.59. The molecule has 5 heteroatoms. The molecule has 1 heterocycles. The fourth-order valence-corrected chi connectivity index (χ4v) is 1.95. The first-order valence-corrected chi connectivity index (χ1v) is 6.62. The van der Waals surface area contributed by atoms with Crippen molar-refractivity contribution >= 4 is 17.5 Å². The van der Waals surface area contributed by atoms with Gasteiger partial charge < -0.3 is 14.5 Å². The average molecular weight is 294 g/mol. The number of amides is 1. The Morgan fingerprint density at radius 3 is 2.65 bits per heavy atom. The van der Waals surface area contributed by atoms with E-state index in [0.717, 1.165) is 5.56 Å². The lowest BCUT2D eigenvalue weighted by Crippen LogP contribution is -2.26. The number of benzene rings is 1. The lowest BCUT2D eigenvalue weighted by atomic mass is 10.1. The van der Waals surface area contributed by atoms with E-state index < -0.39 is 0 Å². The van der Waals surface area contributed by atoms with Crippen molar-refractivity contribution in [3.05, 3.63) is 58.5 Å². The first-order valence-electron chi connectivity index (χ1n) is 6.24. The third-order valence-corrected chi connectivity index (χ3v) is 3.14. The SMILES string of the molecule is COCc1ccc(C(=O)NC(C)c2ccc(Cl)cc2)o1. The Bertz CT molecular complexity index is 577. The number of nitrogens with one attached hydrogen (secondary N) is 1. The number of halogens is 1. The number of ether oxygens (including phenoxy) is 1. The molecule has 106 valence electrons. The molecule has 0 fully saturated rings. The Hall–Kier alpha value is -1.78. The number of carbonyl (C=O) groups is 1. The minimum absolute atomic E-state index is 0.129. The summed E-state index contributed by atoms with van der Waals surface area (Å²) in [6.07, 6.45) is 0. The highest BCUT2D eigenvalue weighted by Gasteiger charge is 2.14. The Labute approximate surface area is 122 Å². The van der Waals surface area contributed by atoms with Gasteiger partial charge in [0.15, 0.2) is 5.76 Å². The minimum Gasteiger partial charge on any atom is -0.453 e. The van der Waals surface area contributed by atoms with Crippen molar-refractivity contribution < 1.29 is 13.9 Å². The second-order valence-electron chi connectivity index (χ2n) is 4.45. The fraction of sp³-hybridized carbons (Fsp3) is 0.267. The summed E-state index contributed by atoms with van der Waals surface area (Å²) in [5.74, 6) is 0.643. The van der Waals surface area contributed by atoms with Crippen molar-refractivity contribution in [1.82, 2.24) is 5.32 Å². The number of carbonyl (C=O) groups excluding carboxylic acids is 1.